The van der Waals surface area contributed by atoms with E-state index in [1.807, 2.05) is 24.3 Å². The number of aryl methyl sites for hydroxylation is 2. The Hall–Kier alpha value is -1.88. The molecular weight excluding hydrogens is 264 g/mol. The molecule has 0 radical (unpaired) electrons. The summed E-state index contributed by atoms with van der Waals surface area (Å²) in [6, 6.07) is 7.98. The Morgan fingerprint density at radius 1 is 1.26 bits per heavy atom. The maximum atomic E-state index is 5.84. The van der Waals surface area contributed by atoms with Crippen LogP contribution in [0.1, 0.15) is 17.5 Å². The largest absolute Gasteiger partial charge is 0.337 e. The molecule has 3 aromatic rings. The molecule has 0 atom stereocenters. The third-order valence-corrected chi connectivity index (χ3v) is 3.10. The fourth-order valence-electron chi connectivity index (χ4n) is 2.12. The number of hydrogen-bond acceptors (Lipinski definition) is 4. The van der Waals surface area contributed by atoms with Crippen molar-refractivity contribution in [3.63, 3.8) is 0 Å². The standard InChI is InChI=1S/C13H13ClN4O/c1-9-15-13(19-17-9)8-18-11-5-3-2-4-10(11)16-12(18)6-7-14/h2-5H,6-8H2,1H3. The van der Waals surface area contributed by atoms with E-state index in [4.69, 9.17) is 16.1 Å². The SMILES string of the molecule is Cc1noc(Cn2c(CCCl)nc3ccccc32)n1. The predicted molar refractivity (Wildman–Crippen MR) is 72.3 cm³/mol. The van der Waals surface area contributed by atoms with Crippen LogP contribution in [-0.4, -0.2) is 25.6 Å². The molecule has 0 bridgehead atoms. The monoisotopic (exact) mass is 276 g/mol. The van der Waals surface area contributed by atoms with Crippen LogP contribution in [0, 0.1) is 6.92 Å². The molecule has 0 fully saturated rings. The normalized spacial score (nSPS) is 11.3. The minimum absolute atomic E-state index is 0.521. The Bertz CT molecular complexity index is 704. The molecule has 0 aliphatic carbocycles. The molecule has 0 aliphatic rings. The summed E-state index contributed by atoms with van der Waals surface area (Å²) >= 11 is 5.84. The van der Waals surface area contributed by atoms with Gasteiger partial charge in [0.25, 0.3) is 0 Å². The van der Waals surface area contributed by atoms with Crippen LogP contribution in [-0.2, 0) is 13.0 Å². The number of hydrogen-bond donors (Lipinski definition) is 0. The van der Waals surface area contributed by atoms with Crippen molar-refractivity contribution in [2.45, 2.75) is 19.9 Å². The minimum Gasteiger partial charge on any atom is -0.337 e. The van der Waals surface area contributed by atoms with Crippen LogP contribution in [0.2, 0.25) is 0 Å². The van der Waals surface area contributed by atoms with E-state index in [9.17, 15) is 0 Å². The lowest BCUT2D eigenvalue weighted by Gasteiger charge is -2.04. The van der Waals surface area contributed by atoms with Crippen LogP contribution in [0.5, 0.6) is 0 Å². The van der Waals surface area contributed by atoms with Gasteiger partial charge in [0.2, 0.25) is 5.89 Å². The van der Waals surface area contributed by atoms with Gasteiger partial charge in [0, 0.05) is 12.3 Å². The Morgan fingerprint density at radius 2 is 2.11 bits per heavy atom. The molecule has 3 rings (SSSR count). The highest BCUT2D eigenvalue weighted by Crippen LogP contribution is 2.18. The first-order valence-electron chi connectivity index (χ1n) is 6.07. The fraction of sp³-hybridized carbons (Fsp3) is 0.308. The summed E-state index contributed by atoms with van der Waals surface area (Å²) in [6.45, 7) is 2.33. The van der Waals surface area contributed by atoms with E-state index in [1.165, 1.54) is 0 Å². The molecular formula is C13H13ClN4O. The van der Waals surface area contributed by atoms with Crippen molar-refractivity contribution in [1.29, 1.82) is 0 Å². The van der Waals surface area contributed by atoms with Gasteiger partial charge in [0.1, 0.15) is 12.4 Å². The van der Waals surface area contributed by atoms with Crippen molar-refractivity contribution in [2.75, 3.05) is 5.88 Å². The van der Waals surface area contributed by atoms with Gasteiger partial charge in [-0.3, -0.25) is 0 Å². The summed E-state index contributed by atoms with van der Waals surface area (Å²) in [5.74, 6) is 2.69. The van der Waals surface area contributed by atoms with Gasteiger partial charge in [-0.05, 0) is 19.1 Å². The van der Waals surface area contributed by atoms with E-state index in [1.54, 1.807) is 6.92 Å². The number of imidazole rings is 1. The molecule has 5 nitrogen and oxygen atoms in total. The van der Waals surface area contributed by atoms with Crippen LogP contribution < -0.4 is 0 Å². The van der Waals surface area contributed by atoms with Crippen molar-refractivity contribution in [3.05, 3.63) is 41.8 Å². The fourth-order valence-corrected chi connectivity index (χ4v) is 2.29. The molecule has 1 aromatic carbocycles. The van der Waals surface area contributed by atoms with Gasteiger partial charge in [-0.1, -0.05) is 17.3 Å². The number of alkyl halides is 1. The Balaban J connectivity index is 2.06. The minimum atomic E-state index is 0.521. The molecule has 0 unspecified atom stereocenters. The van der Waals surface area contributed by atoms with E-state index >= 15 is 0 Å². The van der Waals surface area contributed by atoms with Crippen molar-refractivity contribution in [1.82, 2.24) is 19.7 Å². The van der Waals surface area contributed by atoms with Gasteiger partial charge in [0.15, 0.2) is 5.82 Å². The summed E-state index contributed by atoms with van der Waals surface area (Å²) in [5, 5.41) is 3.81. The van der Waals surface area contributed by atoms with E-state index in [2.05, 4.69) is 19.7 Å². The number of aromatic nitrogens is 4. The summed E-state index contributed by atoms with van der Waals surface area (Å²) in [4.78, 5) is 8.83. The average Bonchev–Trinajstić information content (AvgIpc) is 2.96. The van der Waals surface area contributed by atoms with Crippen molar-refractivity contribution in [3.8, 4) is 0 Å². The molecule has 0 spiro atoms. The average molecular weight is 277 g/mol. The zero-order chi connectivity index (χ0) is 13.2. The topological polar surface area (TPSA) is 56.7 Å². The number of halogens is 1. The number of rotatable bonds is 4. The highest BCUT2D eigenvalue weighted by Gasteiger charge is 2.13. The van der Waals surface area contributed by atoms with Gasteiger partial charge in [0.05, 0.1) is 11.0 Å². The predicted octanol–water partition coefficient (Wildman–Crippen LogP) is 2.56. The quantitative estimate of drug-likeness (QED) is 0.687. The summed E-state index contributed by atoms with van der Waals surface area (Å²) in [7, 11) is 0. The molecule has 0 saturated carbocycles. The molecule has 0 saturated heterocycles. The van der Waals surface area contributed by atoms with E-state index in [-0.39, 0.29) is 0 Å². The van der Waals surface area contributed by atoms with Crippen LogP contribution in [0.25, 0.3) is 11.0 Å². The first-order chi connectivity index (χ1) is 9.28. The van der Waals surface area contributed by atoms with Crippen LogP contribution in [0.4, 0.5) is 0 Å². The van der Waals surface area contributed by atoms with Crippen molar-refractivity contribution < 1.29 is 4.52 Å². The number of benzene rings is 1. The highest BCUT2D eigenvalue weighted by atomic mass is 35.5. The molecule has 6 heteroatoms. The van der Waals surface area contributed by atoms with Crippen molar-refractivity contribution in [2.24, 2.45) is 0 Å². The van der Waals surface area contributed by atoms with Gasteiger partial charge < -0.3 is 9.09 Å². The van der Waals surface area contributed by atoms with E-state index < -0.39 is 0 Å². The zero-order valence-electron chi connectivity index (χ0n) is 10.5. The summed E-state index contributed by atoms with van der Waals surface area (Å²) < 4.78 is 7.25. The second-order valence-electron chi connectivity index (χ2n) is 4.28. The van der Waals surface area contributed by atoms with Gasteiger partial charge in [-0.25, -0.2) is 4.98 Å². The number of para-hydroxylation sites is 2. The molecule has 2 heterocycles. The molecule has 0 amide bonds. The second-order valence-corrected chi connectivity index (χ2v) is 4.66. The lowest BCUT2D eigenvalue weighted by atomic mass is 10.3. The second kappa shape index (κ2) is 5.01. The van der Waals surface area contributed by atoms with Crippen molar-refractivity contribution >= 4 is 22.6 Å². The highest BCUT2D eigenvalue weighted by molar-refractivity contribution is 6.17. The number of fused-ring (bicyclic) bond motifs is 1. The Labute approximate surface area is 115 Å². The van der Waals surface area contributed by atoms with Crippen LogP contribution >= 0.6 is 11.6 Å². The molecule has 0 N–H and O–H groups in total. The maximum absolute atomic E-state index is 5.84. The maximum Gasteiger partial charge on any atom is 0.246 e. The lowest BCUT2D eigenvalue weighted by molar-refractivity contribution is 0.367. The van der Waals surface area contributed by atoms with Gasteiger partial charge in [-0.2, -0.15) is 4.98 Å². The smallest absolute Gasteiger partial charge is 0.246 e. The first-order valence-corrected chi connectivity index (χ1v) is 6.60. The lowest BCUT2D eigenvalue weighted by Crippen LogP contribution is -2.06. The zero-order valence-corrected chi connectivity index (χ0v) is 11.3. The third kappa shape index (κ3) is 2.33. The number of nitrogens with zero attached hydrogens (tertiary/aromatic N) is 4. The Morgan fingerprint density at radius 3 is 2.84 bits per heavy atom. The van der Waals surface area contributed by atoms with E-state index in [0.717, 1.165) is 16.9 Å². The van der Waals surface area contributed by atoms with E-state index in [0.29, 0.717) is 30.6 Å². The first kappa shape index (κ1) is 12.2. The summed E-state index contributed by atoms with van der Waals surface area (Å²) in [5.41, 5.74) is 2.01. The molecule has 0 aliphatic heterocycles. The third-order valence-electron chi connectivity index (χ3n) is 2.91. The molecule has 2 aromatic heterocycles. The Kier molecular flexibility index (Phi) is 3.21. The van der Waals surface area contributed by atoms with Crippen LogP contribution in [0.15, 0.2) is 28.8 Å². The molecule has 98 valence electrons. The van der Waals surface area contributed by atoms with Gasteiger partial charge in [-0.15, -0.1) is 11.6 Å². The summed E-state index contributed by atoms with van der Waals surface area (Å²) in [6.07, 6.45) is 0.712. The van der Waals surface area contributed by atoms with Crippen LogP contribution in [0.3, 0.4) is 0 Å². The van der Waals surface area contributed by atoms with Gasteiger partial charge >= 0.3 is 0 Å². The molecule has 19 heavy (non-hydrogen) atoms.